The van der Waals surface area contributed by atoms with Gasteiger partial charge in [-0.1, -0.05) is 65.8 Å². The maximum atomic E-state index is 5.40. The van der Waals surface area contributed by atoms with Gasteiger partial charge in [-0.3, -0.25) is 4.98 Å². The van der Waals surface area contributed by atoms with Crippen LogP contribution in [0.3, 0.4) is 0 Å². The number of hydrogen-bond donors (Lipinski definition) is 1. The Bertz CT molecular complexity index is 955. The Balaban J connectivity index is 1.48. The Morgan fingerprint density at radius 1 is 0.889 bits per heavy atom. The molecule has 1 atom stereocenters. The fourth-order valence-electron chi connectivity index (χ4n) is 2.99. The molecule has 0 aliphatic rings. The molecule has 0 saturated heterocycles. The van der Waals surface area contributed by atoms with Crippen molar-refractivity contribution in [1.82, 2.24) is 20.4 Å². The van der Waals surface area contributed by atoms with Gasteiger partial charge in [-0.15, -0.1) is 0 Å². The van der Waals surface area contributed by atoms with Crippen LogP contribution in [0.4, 0.5) is 0 Å². The van der Waals surface area contributed by atoms with Crippen LogP contribution in [-0.4, -0.2) is 15.1 Å². The van der Waals surface area contributed by atoms with E-state index in [-0.39, 0.29) is 6.04 Å². The van der Waals surface area contributed by atoms with Crippen LogP contribution in [0.15, 0.2) is 89.7 Å². The molecule has 1 N–H and O–H groups in total. The van der Waals surface area contributed by atoms with Crippen molar-refractivity contribution in [1.29, 1.82) is 0 Å². The zero-order valence-corrected chi connectivity index (χ0v) is 14.8. The van der Waals surface area contributed by atoms with E-state index in [1.54, 1.807) is 12.4 Å². The summed E-state index contributed by atoms with van der Waals surface area (Å²) in [5.41, 5.74) is 3.35. The highest BCUT2D eigenvalue weighted by atomic mass is 16.5. The molecule has 0 aliphatic heterocycles. The first kappa shape index (κ1) is 17.1. The second-order valence-electron chi connectivity index (χ2n) is 6.29. The highest BCUT2D eigenvalue weighted by molar-refractivity contribution is 5.51. The lowest BCUT2D eigenvalue weighted by atomic mass is 9.99. The van der Waals surface area contributed by atoms with Gasteiger partial charge in [-0.2, -0.15) is 4.98 Å². The predicted molar refractivity (Wildman–Crippen MR) is 104 cm³/mol. The van der Waals surface area contributed by atoms with Gasteiger partial charge in [0.25, 0.3) is 0 Å². The second kappa shape index (κ2) is 8.38. The standard InChI is InChI=1S/C22H20N4O/c1-3-8-17(9-4-1)14-20(18-10-5-2-6-11-18)24-16-21-25-22(26-27-21)19-12-7-13-23-15-19/h1-13,15,20,24H,14,16H2. The number of nitrogens with zero attached hydrogens (tertiary/aromatic N) is 3. The van der Waals surface area contributed by atoms with Gasteiger partial charge >= 0.3 is 0 Å². The van der Waals surface area contributed by atoms with E-state index < -0.39 is 0 Å². The van der Waals surface area contributed by atoms with Crippen molar-refractivity contribution in [2.75, 3.05) is 0 Å². The highest BCUT2D eigenvalue weighted by Crippen LogP contribution is 2.19. The van der Waals surface area contributed by atoms with Crippen LogP contribution in [0.25, 0.3) is 11.4 Å². The van der Waals surface area contributed by atoms with Gasteiger partial charge in [0.1, 0.15) is 0 Å². The summed E-state index contributed by atoms with van der Waals surface area (Å²) in [4.78, 5) is 8.57. The van der Waals surface area contributed by atoms with Gasteiger partial charge in [0.05, 0.1) is 6.54 Å². The van der Waals surface area contributed by atoms with E-state index in [2.05, 4.69) is 69.0 Å². The third-order valence-corrected chi connectivity index (χ3v) is 4.37. The van der Waals surface area contributed by atoms with Crippen LogP contribution >= 0.6 is 0 Å². The molecule has 5 nitrogen and oxygen atoms in total. The number of benzene rings is 2. The zero-order valence-electron chi connectivity index (χ0n) is 14.8. The molecule has 134 valence electrons. The largest absolute Gasteiger partial charge is 0.338 e. The maximum Gasteiger partial charge on any atom is 0.240 e. The van der Waals surface area contributed by atoms with Crippen molar-refractivity contribution in [2.24, 2.45) is 0 Å². The van der Waals surface area contributed by atoms with E-state index in [1.807, 2.05) is 24.3 Å². The molecule has 2 aromatic carbocycles. The fraction of sp³-hybridized carbons (Fsp3) is 0.136. The molecule has 1 unspecified atom stereocenters. The molecule has 0 radical (unpaired) electrons. The van der Waals surface area contributed by atoms with Crippen LogP contribution in [0.5, 0.6) is 0 Å². The van der Waals surface area contributed by atoms with E-state index in [0.29, 0.717) is 18.3 Å². The molecule has 4 rings (SSSR count). The maximum absolute atomic E-state index is 5.40. The monoisotopic (exact) mass is 356 g/mol. The lowest BCUT2D eigenvalue weighted by Gasteiger charge is -2.18. The van der Waals surface area contributed by atoms with E-state index in [1.165, 1.54) is 11.1 Å². The number of rotatable bonds is 7. The van der Waals surface area contributed by atoms with E-state index in [9.17, 15) is 0 Å². The highest BCUT2D eigenvalue weighted by Gasteiger charge is 2.14. The fourth-order valence-corrected chi connectivity index (χ4v) is 2.99. The molecule has 0 fully saturated rings. The van der Waals surface area contributed by atoms with Gasteiger partial charge in [-0.25, -0.2) is 0 Å². The first-order chi connectivity index (χ1) is 13.4. The first-order valence-electron chi connectivity index (χ1n) is 8.94. The van der Waals surface area contributed by atoms with Crippen molar-refractivity contribution in [3.63, 3.8) is 0 Å². The lowest BCUT2D eigenvalue weighted by Crippen LogP contribution is -2.23. The number of pyridine rings is 1. The van der Waals surface area contributed by atoms with Crippen molar-refractivity contribution < 1.29 is 4.52 Å². The summed E-state index contributed by atoms with van der Waals surface area (Å²) < 4.78 is 5.40. The van der Waals surface area contributed by atoms with Gasteiger partial charge in [0.15, 0.2) is 0 Å². The summed E-state index contributed by atoms with van der Waals surface area (Å²) in [5, 5.41) is 7.61. The zero-order chi connectivity index (χ0) is 18.3. The second-order valence-corrected chi connectivity index (χ2v) is 6.29. The van der Waals surface area contributed by atoms with Gasteiger partial charge in [0.2, 0.25) is 11.7 Å². The summed E-state index contributed by atoms with van der Waals surface area (Å²) in [5.74, 6) is 1.11. The normalized spacial score (nSPS) is 12.0. The minimum absolute atomic E-state index is 0.155. The van der Waals surface area contributed by atoms with Crippen LogP contribution in [0.1, 0.15) is 23.1 Å². The molecule has 0 aliphatic carbocycles. The molecule has 0 spiro atoms. The smallest absolute Gasteiger partial charge is 0.240 e. The molecule has 0 bridgehead atoms. The third kappa shape index (κ3) is 4.46. The van der Waals surface area contributed by atoms with E-state index in [0.717, 1.165) is 12.0 Å². The van der Waals surface area contributed by atoms with Gasteiger partial charge in [0, 0.05) is 24.0 Å². The Morgan fingerprint density at radius 2 is 1.67 bits per heavy atom. The van der Waals surface area contributed by atoms with Crippen LogP contribution in [-0.2, 0) is 13.0 Å². The van der Waals surface area contributed by atoms with E-state index in [4.69, 9.17) is 4.52 Å². The van der Waals surface area contributed by atoms with E-state index >= 15 is 0 Å². The van der Waals surface area contributed by atoms with Crippen LogP contribution < -0.4 is 5.32 Å². The molecule has 4 aromatic rings. The average molecular weight is 356 g/mol. The Labute approximate surface area is 158 Å². The summed E-state index contributed by atoms with van der Waals surface area (Å²) >= 11 is 0. The van der Waals surface area contributed by atoms with Crippen LogP contribution in [0.2, 0.25) is 0 Å². The SMILES string of the molecule is c1ccc(CC(NCc2nc(-c3cccnc3)no2)c2ccccc2)cc1. The quantitative estimate of drug-likeness (QED) is 0.537. The molecule has 27 heavy (non-hydrogen) atoms. The van der Waals surface area contributed by atoms with Gasteiger partial charge < -0.3 is 9.84 Å². The van der Waals surface area contributed by atoms with Crippen LogP contribution in [0, 0.1) is 0 Å². The summed E-state index contributed by atoms with van der Waals surface area (Å²) in [6.07, 6.45) is 4.33. The molecular formula is C22H20N4O. The summed E-state index contributed by atoms with van der Waals surface area (Å²) in [6, 6.07) is 24.8. The Kier molecular flexibility index (Phi) is 5.31. The third-order valence-electron chi connectivity index (χ3n) is 4.37. The minimum atomic E-state index is 0.155. The first-order valence-corrected chi connectivity index (χ1v) is 8.94. The van der Waals surface area contributed by atoms with Crippen molar-refractivity contribution in [2.45, 2.75) is 19.0 Å². The summed E-state index contributed by atoms with van der Waals surface area (Å²) in [6.45, 7) is 0.500. The molecule has 2 heterocycles. The molecule has 5 heteroatoms. The predicted octanol–water partition coefficient (Wildman–Crippen LogP) is 4.21. The molecule has 2 aromatic heterocycles. The van der Waals surface area contributed by atoms with Crippen molar-refractivity contribution >= 4 is 0 Å². The number of hydrogen-bond acceptors (Lipinski definition) is 5. The molecule has 0 amide bonds. The summed E-state index contributed by atoms with van der Waals surface area (Å²) in [7, 11) is 0. The molecular weight excluding hydrogens is 336 g/mol. The van der Waals surface area contributed by atoms with Gasteiger partial charge in [-0.05, 0) is 29.7 Å². The molecule has 0 saturated carbocycles. The average Bonchev–Trinajstić information content (AvgIpc) is 3.22. The van der Waals surface area contributed by atoms with Crippen molar-refractivity contribution in [3.8, 4) is 11.4 Å². The lowest BCUT2D eigenvalue weighted by molar-refractivity contribution is 0.357. The number of nitrogens with one attached hydrogen (secondary N) is 1. The topological polar surface area (TPSA) is 63.8 Å². The number of aromatic nitrogens is 3. The minimum Gasteiger partial charge on any atom is -0.338 e. The Hall–Kier alpha value is -3.31. The van der Waals surface area contributed by atoms with Crippen molar-refractivity contribution in [3.05, 3.63) is 102 Å². The Morgan fingerprint density at radius 3 is 2.41 bits per heavy atom.